The van der Waals surface area contributed by atoms with E-state index in [1.807, 2.05) is 34.6 Å². The van der Waals surface area contributed by atoms with Gasteiger partial charge in [-0.25, -0.2) is 4.79 Å². The van der Waals surface area contributed by atoms with E-state index in [1.165, 1.54) is 58.0 Å². The Morgan fingerprint density at radius 3 is 1.93 bits per heavy atom. The smallest absolute Gasteiger partial charge is 0.334 e. The van der Waals surface area contributed by atoms with E-state index in [0.717, 1.165) is 4.90 Å². The standard InChI is InChI=1S/C44H70N6O10/c1-13-25(5)37-28(8)34(52)20-15-27(7)44(59)60-35(21-24(3)4)40(55)46-30(10)42(57)50(12)33(22-31-16-18-32(51)19-17-31)43(58)49(11)23-36(53)47-38(26(6)14-2)41(56)45-29(9)39(54)48-37/h15-19,24-26,28-30,33-35,37-38,51-52H,13-14,20-23H2,1-12H3,(H,45,56)(H,46,55)(H,47,53)(H,48,54)/b27-15+/t25-,26?,28-,29+,30-,33+,34-,35+,37+,38-/m0/s1. The van der Waals surface area contributed by atoms with Crippen LogP contribution in [0, 0.1) is 23.7 Å². The van der Waals surface area contributed by atoms with E-state index in [-0.39, 0.29) is 48.3 Å². The number of aliphatic hydroxyl groups excluding tert-OH is 1. The number of rotatable bonds is 8. The number of carbonyl (C=O) groups excluding carboxylic acids is 7. The fraction of sp³-hybridized carbons (Fsp3) is 0.659. The van der Waals surface area contributed by atoms with Crippen molar-refractivity contribution in [3.63, 3.8) is 0 Å². The number of hydrogen-bond acceptors (Lipinski definition) is 10. The van der Waals surface area contributed by atoms with Crippen LogP contribution in [0.15, 0.2) is 35.9 Å². The number of nitrogens with zero attached hydrogens (tertiary/aromatic N) is 2. The molecule has 2 rings (SSSR count). The van der Waals surface area contributed by atoms with E-state index >= 15 is 0 Å². The molecular weight excluding hydrogens is 773 g/mol. The van der Waals surface area contributed by atoms with Gasteiger partial charge >= 0.3 is 5.97 Å². The third-order valence-electron chi connectivity index (χ3n) is 11.5. The average molecular weight is 843 g/mol. The molecule has 0 saturated heterocycles. The van der Waals surface area contributed by atoms with Crippen molar-refractivity contribution in [2.45, 2.75) is 144 Å². The molecule has 0 spiro atoms. The maximum atomic E-state index is 14.2. The number of aromatic hydroxyl groups is 1. The van der Waals surface area contributed by atoms with Crippen molar-refractivity contribution < 1.29 is 48.5 Å². The zero-order valence-electron chi connectivity index (χ0n) is 37.5. The van der Waals surface area contributed by atoms with Crippen LogP contribution in [0.1, 0.15) is 100 Å². The van der Waals surface area contributed by atoms with Crippen LogP contribution in [0.25, 0.3) is 0 Å². The Morgan fingerprint density at radius 1 is 0.783 bits per heavy atom. The highest BCUT2D eigenvalue weighted by Gasteiger charge is 2.36. The molecule has 0 fully saturated rings. The quantitative estimate of drug-likeness (QED) is 0.210. The average Bonchev–Trinajstić information content (AvgIpc) is 3.20. The van der Waals surface area contributed by atoms with E-state index < -0.39 is 96.3 Å². The van der Waals surface area contributed by atoms with Crippen molar-refractivity contribution in [1.29, 1.82) is 0 Å². The summed E-state index contributed by atoms with van der Waals surface area (Å²) in [7, 11) is 2.79. The van der Waals surface area contributed by atoms with E-state index in [1.54, 1.807) is 26.0 Å². The number of phenols is 1. The fourth-order valence-electron chi connectivity index (χ4n) is 6.94. The molecule has 0 bridgehead atoms. The van der Waals surface area contributed by atoms with E-state index in [9.17, 15) is 43.8 Å². The van der Waals surface area contributed by atoms with Crippen molar-refractivity contribution in [2.24, 2.45) is 23.7 Å². The second-order valence-corrected chi connectivity index (χ2v) is 16.9. The second kappa shape index (κ2) is 23.7. The van der Waals surface area contributed by atoms with Gasteiger partial charge in [-0.15, -0.1) is 0 Å². The second-order valence-electron chi connectivity index (χ2n) is 16.9. The summed E-state index contributed by atoms with van der Waals surface area (Å²) in [5.41, 5.74) is 0.743. The highest BCUT2D eigenvalue weighted by Crippen LogP contribution is 2.23. The van der Waals surface area contributed by atoms with E-state index in [2.05, 4.69) is 21.3 Å². The number of nitrogens with one attached hydrogen (secondary N) is 4. The number of likely N-dealkylation sites (N-methyl/N-ethyl adjacent to an activating group) is 2. The van der Waals surface area contributed by atoms with Gasteiger partial charge in [0.2, 0.25) is 29.5 Å². The Kier molecular flexibility index (Phi) is 20.2. The molecule has 0 saturated carbocycles. The lowest BCUT2D eigenvalue weighted by molar-refractivity contribution is -0.154. The first kappa shape index (κ1) is 51.2. The molecule has 1 aliphatic heterocycles. The first-order valence-corrected chi connectivity index (χ1v) is 21.1. The third-order valence-corrected chi connectivity index (χ3v) is 11.5. The first-order valence-electron chi connectivity index (χ1n) is 21.1. The van der Waals surface area contributed by atoms with Gasteiger partial charge in [0.25, 0.3) is 5.91 Å². The molecule has 0 aliphatic carbocycles. The van der Waals surface area contributed by atoms with Crippen molar-refractivity contribution in [1.82, 2.24) is 31.1 Å². The summed E-state index contributed by atoms with van der Waals surface area (Å²) in [6.45, 7) is 17.0. The van der Waals surface area contributed by atoms with Crippen LogP contribution in [0.2, 0.25) is 0 Å². The summed E-state index contributed by atoms with van der Waals surface area (Å²) in [6, 6.07) is 1.11. The summed E-state index contributed by atoms with van der Waals surface area (Å²) in [6.07, 6.45) is 0.574. The molecule has 1 aromatic carbocycles. The van der Waals surface area contributed by atoms with Crippen LogP contribution in [-0.2, 0) is 44.7 Å². The molecule has 1 aliphatic rings. The fourth-order valence-corrected chi connectivity index (χ4v) is 6.94. The van der Waals surface area contributed by atoms with Gasteiger partial charge in [-0.2, -0.15) is 0 Å². The molecule has 60 heavy (non-hydrogen) atoms. The molecule has 1 aromatic rings. The number of hydrogen-bond donors (Lipinski definition) is 6. The molecule has 16 heteroatoms. The monoisotopic (exact) mass is 843 g/mol. The Labute approximate surface area is 355 Å². The highest BCUT2D eigenvalue weighted by molar-refractivity contribution is 5.96. The van der Waals surface area contributed by atoms with Gasteiger partial charge in [-0.3, -0.25) is 28.8 Å². The van der Waals surface area contributed by atoms with Gasteiger partial charge in [-0.1, -0.05) is 79.5 Å². The number of aliphatic hydroxyl groups is 1. The highest BCUT2D eigenvalue weighted by atomic mass is 16.5. The predicted octanol–water partition coefficient (Wildman–Crippen LogP) is 2.60. The molecule has 0 radical (unpaired) electrons. The van der Waals surface area contributed by atoms with Crippen molar-refractivity contribution in [3.8, 4) is 5.75 Å². The van der Waals surface area contributed by atoms with Crippen molar-refractivity contribution >= 4 is 41.4 Å². The predicted molar refractivity (Wildman–Crippen MR) is 227 cm³/mol. The van der Waals surface area contributed by atoms with Gasteiger partial charge in [0.15, 0.2) is 6.10 Å². The Morgan fingerprint density at radius 2 is 1.37 bits per heavy atom. The largest absolute Gasteiger partial charge is 0.508 e. The minimum atomic E-state index is -1.27. The Hall–Kier alpha value is -4.99. The summed E-state index contributed by atoms with van der Waals surface area (Å²) < 4.78 is 5.67. The molecule has 1 heterocycles. The number of carbonyl (C=O) groups is 7. The molecule has 16 nitrogen and oxygen atoms in total. The van der Waals surface area contributed by atoms with Crippen LogP contribution in [0.3, 0.4) is 0 Å². The number of amides is 6. The van der Waals surface area contributed by atoms with Crippen LogP contribution >= 0.6 is 0 Å². The maximum Gasteiger partial charge on any atom is 0.334 e. The van der Waals surface area contributed by atoms with Gasteiger partial charge in [0.05, 0.1) is 12.6 Å². The van der Waals surface area contributed by atoms with Crippen LogP contribution in [0.4, 0.5) is 0 Å². The van der Waals surface area contributed by atoms with Gasteiger partial charge in [-0.05, 0) is 69.1 Å². The lowest BCUT2D eigenvalue weighted by atomic mass is 9.84. The molecular formula is C44H70N6O10. The minimum Gasteiger partial charge on any atom is -0.508 e. The summed E-state index contributed by atoms with van der Waals surface area (Å²) in [4.78, 5) is 98.2. The van der Waals surface area contributed by atoms with Crippen LogP contribution in [0.5, 0.6) is 5.75 Å². The number of cyclic esters (lactones) is 1. The Balaban J connectivity index is 2.62. The number of phenolic OH excluding ortho intramolecular Hbond substituents is 1. The van der Waals surface area contributed by atoms with Crippen LogP contribution in [-0.4, -0.2) is 124 Å². The zero-order valence-corrected chi connectivity index (χ0v) is 37.5. The summed E-state index contributed by atoms with van der Waals surface area (Å²) in [5.74, 6) is -5.53. The third kappa shape index (κ3) is 14.9. The SMILES string of the molecule is CCC(C)[C@@H]1NC(=O)CN(C)C(=O)[C@@H](Cc2ccc(O)cc2)N(C)C(=O)[C@H](C)NC(=O)[C@@H](CC(C)C)OC(=O)/C(C)=C/C[C@H](O)[C@H](C)[C@@H]([C@@H](C)CC)NC(=O)[C@@H](C)NC1=O. The maximum absolute atomic E-state index is 14.2. The molecule has 336 valence electrons. The van der Waals surface area contributed by atoms with Crippen LogP contribution < -0.4 is 21.3 Å². The molecule has 6 amide bonds. The van der Waals surface area contributed by atoms with E-state index in [4.69, 9.17) is 4.74 Å². The van der Waals surface area contributed by atoms with Crippen molar-refractivity contribution in [2.75, 3.05) is 20.6 Å². The number of benzene rings is 1. The molecule has 1 unspecified atom stereocenters. The molecule has 6 N–H and O–H groups in total. The van der Waals surface area contributed by atoms with Gasteiger partial charge in [0.1, 0.15) is 29.9 Å². The van der Waals surface area contributed by atoms with E-state index in [0.29, 0.717) is 18.4 Å². The number of ether oxygens (including phenoxy) is 1. The Bertz CT molecular complexity index is 1680. The lowest BCUT2D eigenvalue weighted by Gasteiger charge is -2.34. The minimum absolute atomic E-state index is 0.000800. The molecule has 10 atom stereocenters. The normalized spacial score (nSPS) is 28.8. The lowest BCUT2D eigenvalue weighted by Crippen LogP contribution is -2.58. The molecule has 0 aromatic heterocycles. The van der Waals surface area contributed by atoms with Gasteiger partial charge < -0.3 is 46.0 Å². The van der Waals surface area contributed by atoms with Gasteiger partial charge in [0, 0.05) is 38.0 Å². The zero-order chi connectivity index (χ0) is 45.6. The first-order chi connectivity index (χ1) is 28.0. The topological polar surface area (TPSA) is 224 Å². The summed E-state index contributed by atoms with van der Waals surface area (Å²) >= 11 is 0. The summed E-state index contributed by atoms with van der Waals surface area (Å²) in [5, 5.41) is 32.3. The number of esters is 1. The van der Waals surface area contributed by atoms with Crippen molar-refractivity contribution in [3.05, 3.63) is 41.5 Å².